The molecule has 30 heavy (non-hydrogen) atoms. The van der Waals surface area contributed by atoms with Crippen LogP contribution in [-0.2, 0) is 0 Å². The van der Waals surface area contributed by atoms with Crippen LogP contribution in [0.3, 0.4) is 0 Å². The van der Waals surface area contributed by atoms with Crippen molar-refractivity contribution >= 4 is 16.8 Å². The molecule has 0 radical (unpaired) electrons. The maximum Gasteiger partial charge on any atom is 0.347 e. The van der Waals surface area contributed by atoms with E-state index < -0.39 is 5.69 Å². The third-order valence-electron chi connectivity index (χ3n) is 4.97. The van der Waals surface area contributed by atoms with Crippen LogP contribution in [0.2, 0.25) is 0 Å². The van der Waals surface area contributed by atoms with Crippen molar-refractivity contribution in [1.82, 2.24) is 9.97 Å². The molecule has 8 heteroatoms. The maximum absolute atomic E-state index is 11.8. The lowest BCUT2D eigenvalue weighted by molar-refractivity contribution is 0.324. The summed E-state index contributed by atoms with van der Waals surface area (Å²) < 4.78 is 22.5. The summed E-state index contributed by atoms with van der Waals surface area (Å²) in [5.74, 6) is 2.00. The predicted octanol–water partition coefficient (Wildman–Crippen LogP) is 3.77. The van der Waals surface area contributed by atoms with Gasteiger partial charge in [-0.3, -0.25) is 4.98 Å². The highest BCUT2D eigenvalue weighted by molar-refractivity contribution is 6.01. The Balaban J connectivity index is 2.07. The van der Waals surface area contributed by atoms with Gasteiger partial charge in [-0.05, 0) is 36.2 Å². The summed E-state index contributed by atoms with van der Waals surface area (Å²) in [5, 5.41) is 0.637. The summed E-state index contributed by atoms with van der Waals surface area (Å²) in [6.45, 7) is 1.93. The second-order valence-corrected chi connectivity index (χ2v) is 6.72. The molecule has 4 rings (SSSR count). The molecular weight excluding hydrogens is 386 g/mol. The van der Waals surface area contributed by atoms with Gasteiger partial charge in [-0.15, -0.1) is 0 Å². The number of nitrogen functional groups attached to an aromatic ring is 1. The van der Waals surface area contributed by atoms with E-state index in [-0.39, 0.29) is 0 Å². The van der Waals surface area contributed by atoms with Crippen LogP contribution in [0.4, 0.5) is 5.69 Å². The number of aryl methyl sites for hydroxylation is 1. The van der Waals surface area contributed by atoms with E-state index >= 15 is 0 Å². The Hall–Kier alpha value is -3.94. The highest BCUT2D eigenvalue weighted by atomic mass is 16.5. The smallest absolute Gasteiger partial charge is 0.347 e. The Kier molecular flexibility index (Phi) is 4.83. The first-order chi connectivity index (χ1) is 14.5. The van der Waals surface area contributed by atoms with Crippen molar-refractivity contribution < 1.29 is 18.6 Å². The maximum atomic E-state index is 11.8. The normalized spacial score (nSPS) is 10.9. The number of furan rings is 1. The number of hydrogen-bond donors (Lipinski definition) is 2. The molecule has 0 saturated carbocycles. The predicted molar refractivity (Wildman–Crippen MR) is 114 cm³/mol. The van der Waals surface area contributed by atoms with E-state index in [1.54, 1.807) is 21.3 Å². The zero-order valence-corrected chi connectivity index (χ0v) is 17.0. The number of anilines is 1. The lowest BCUT2D eigenvalue weighted by Gasteiger charge is -2.14. The summed E-state index contributed by atoms with van der Waals surface area (Å²) >= 11 is 0. The monoisotopic (exact) mass is 407 g/mol. The van der Waals surface area contributed by atoms with Gasteiger partial charge in [0.05, 0.1) is 26.7 Å². The van der Waals surface area contributed by atoms with Crippen LogP contribution in [-0.4, -0.2) is 31.3 Å². The fourth-order valence-electron chi connectivity index (χ4n) is 3.41. The van der Waals surface area contributed by atoms with Crippen molar-refractivity contribution in [2.24, 2.45) is 0 Å². The standard InChI is InChI=1S/C22H21N3O5/c1-11-5-6-12(7-15(11)23)19-18(14-10-24-22(26)25-21(14)30-19)13-8-16(27-2)20(29-4)17(9-13)28-3/h5-10H,23H2,1-4H3,(H,24,25,26). The quantitative estimate of drug-likeness (QED) is 0.484. The first-order valence-electron chi connectivity index (χ1n) is 9.15. The van der Waals surface area contributed by atoms with Crippen molar-refractivity contribution in [3.8, 4) is 39.7 Å². The Bertz CT molecular complexity index is 1280. The second-order valence-electron chi connectivity index (χ2n) is 6.72. The van der Waals surface area contributed by atoms with E-state index in [1.165, 1.54) is 6.20 Å². The molecule has 2 aromatic carbocycles. The summed E-state index contributed by atoms with van der Waals surface area (Å²) in [6.07, 6.45) is 1.48. The summed E-state index contributed by atoms with van der Waals surface area (Å²) in [6, 6.07) is 9.30. The molecule has 4 aromatic rings. The molecule has 0 fully saturated rings. The molecule has 0 saturated heterocycles. The Morgan fingerprint density at radius 1 is 1.00 bits per heavy atom. The molecule has 0 spiro atoms. The minimum absolute atomic E-state index is 0.313. The third kappa shape index (κ3) is 3.12. The van der Waals surface area contributed by atoms with Crippen LogP contribution >= 0.6 is 0 Å². The van der Waals surface area contributed by atoms with Crippen LogP contribution < -0.4 is 25.6 Å². The molecule has 2 aromatic heterocycles. The molecule has 0 aliphatic heterocycles. The molecule has 0 unspecified atom stereocenters. The number of aromatic amines is 1. The summed E-state index contributed by atoms with van der Waals surface area (Å²) in [7, 11) is 4.65. The topological polar surface area (TPSA) is 113 Å². The highest BCUT2D eigenvalue weighted by Crippen LogP contribution is 2.46. The largest absolute Gasteiger partial charge is 0.493 e. The fourth-order valence-corrected chi connectivity index (χ4v) is 3.41. The number of nitrogens with two attached hydrogens (primary N) is 1. The second kappa shape index (κ2) is 7.47. The first-order valence-corrected chi connectivity index (χ1v) is 9.15. The molecule has 0 aliphatic rings. The average Bonchev–Trinajstić information content (AvgIpc) is 3.12. The van der Waals surface area contributed by atoms with Crippen molar-refractivity contribution in [1.29, 1.82) is 0 Å². The Labute approximate surface area is 172 Å². The Morgan fingerprint density at radius 3 is 2.30 bits per heavy atom. The van der Waals surface area contributed by atoms with E-state index in [1.807, 2.05) is 37.3 Å². The van der Waals surface area contributed by atoms with Gasteiger partial charge in [0.15, 0.2) is 11.5 Å². The van der Waals surface area contributed by atoms with Crippen LogP contribution in [0, 0.1) is 6.92 Å². The van der Waals surface area contributed by atoms with Gasteiger partial charge in [0.1, 0.15) is 5.76 Å². The number of methoxy groups -OCH3 is 3. The number of fused-ring (bicyclic) bond motifs is 1. The number of nitrogens with one attached hydrogen (secondary N) is 1. The number of nitrogens with zero attached hydrogens (tertiary/aromatic N) is 1. The molecule has 154 valence electrons. The molecule has 2 heterocycles. The number of benzene rings is 2. The fraction of sp³-hybridized carbons (Fsp3) is 0.182. The van der Waals surface area contributed by atoms with Gasteiger partial charge in [0.2, 0.25) is 11.5 Å². The van der Waals surface area contributed by atoms with Crippen molar-refractivity contribution in [3.05, 3.63) is 52.6 Å². The van der Waals surface area contributed by atoms with E-state index in [0.29, 0.717) is 39.8 Å². The summed E-state index contributed by atoms with van der Waals surface area (Å²) in [4.78, 5) is 18.3. The highest BCUT2D eigenvalue weighted by Gasteiger charge is 2.22. The lowest BCUT2D eigenvalue weighted by atomic mass is 9.98. The molecule has 8 nitrogen and oxygen atoms in total. The lowest BCUT2D eigenvalue weighted by Crippen LogP contribution is -2.07. The number of ether oxygens (including phenoxy) is 3. The number of H-pyrrole nitrogens is 1. The van der Waals surface area contributed by atoms with E-state index in [0.717, 1.165) is 22.3 Å². The van der Waals surface area contributed by atoms with Gasteiger partial charge in [0.25, 0.3) is 0 Å². The van der Waals surface area contributed by atoms with Crippen molar-refractivity contribution in [3.63, 3.8) is 0 Å². The number of rotatable bonds is 5. The minimum atomic E-state index is -0.498. The van der Waals surface area contributed by atoms with Gasteiger partial charge in [-0.1, -0.05) is 12.1 Å². The van der Waals surface area contributed by atoms with E-state index in [9.17, 15) is 4.79 Å². The van der Waals surface area contributed by atoms with Crippen LogP contribution in [0.15, 0.2) is 45.7 Å². The van der Waals surface area contributed by atoms with Gasteiger partial charge in [0, 0.05) is 23.0 Å². The minimum Gasteiger partial charge on any atom is -0.493 e. The molecule has 0 bridgehead atoms. The molecule has 0 aliphatic carbocycles. The first kappa shape index (κ1) is 19.4. The molecule has 0 atom stereocenters. The number of hydrogen-bond acceptors (Lipinski definition) is 7. The van der Waals surface area contributed by atoms with Gasteiger partial charge >= 0.3 is 5.69 Å². The van der Waals surface area contributed by atoms with Gasteiger partial charge in [-0.25, -0.2) is 9.78 Å². The van der Waals surface area contributed by atoms with Gasteiger partial charge < -0.3 is 24.4 Å². The Morgan fingerprint density at radius 2 is 1.70 bits per heavy atom. The van der Waals surface area contributed by atoms with Crippen molar-refractivity contribution in [2.45, 2.75) is 6.92 Å². The van der Waals surface area contributed by atoms with E-state index in [4.69, 9.17) is 24.4 Å². The van der Waals surface area contributed by atoms with Gasteiger partial charge in [-0.2, -0.15) is 0 Å². The van der Waals surface area contributed by atoms with Crippen LogP contribution in [0.1, 0.15) is 5.56 Å². The van der Waals surface area contributed by atoms with Crippen molar-refractivity contribution in [2.75, 3.05) is 27.1 Å². The molecule has 0 amide bonds. The average molecular weight is 407 g/mol. The summed E-state index contributed by atoms with van der Waals surface area (Å²) in [5.41, 5.74) is 9.76. The number of aromatic nitrogens is 2. The van der Waals surface area contributed by atoms with Crippen LogP contribution in [0.5, 0.6) is 17.2 Å². The zero-order chi connectivity index (χ0) is 21.4. The SMILES string of the molecule is COc1cc(-c2c(-c3ccc(C)c(N)c3)oc3[nH]c(=O)ncc23)cc(OC)c1OC. The molecule has 3 N–H and O–H groups in total. The third-order valence-corrected chi connectivity index (χ3v) is 4.97. The zero-order valence-electron chi connectivity index (χ0n) is 17.0. The van der Waals surface area contributed by atoms with Crippen LogP contribution in [0.25, 0.3) is 33.6 Å². The van der Waals surface area contributed by atoms with E-state index in [2.05, 4.69) is 9.97 Å². The molecular formula is C22H21N3O5.